The van der Waals surface area contributed by atoms with E-state index < -0.39 is 10.0 Å². The summed E-state index contributed by atoms with van der Waals surface area (Å²) in [5.41, 5.74) is 0.905. The van der Waals surface area contributed by atoms with E-state index in [1.165, 1.54) is 31.3 Å². The average molecular weight is 360 g/mol. The molecule has 2 aromatic rings. The molecule has 0 bridgehead atoms. The number of hydrogen-bond acceptors (Lipinski definition) is 4. The zero-order chi connectivity index (χ0) is 18.1. The molecule has 1 heterocycles. The molecule has 1 N–H and O–H groups in total. The Hall–Kier alpha value is -2.21. The van der Waals surface area contributed by atoms with E-state index in [0.717, 1.165) is 19.3 Å². The Morgan fingerprint density at radius 1 is 1.08 bits per heavy atom. The normalized spacial score (nSPS) is 11.2. The van der Waals surface area contributed by atoms with Crippen LogP contribution in [0.15, 0.2) is 53.7 Å². The molecule has 0 fully saturated rings. The number of carbonyl (C=O) groups is 1. The van der Waals surface area contributed by atoms with Crippen molar-refractivity contribution in [1.82, 2.24) is 4.98 Å². The molecule has 2 rings (SSSR count). The highest BCUT2D eigenvalue weighted by atomic mass is 32.2. The number of ketones is 1. The number of aromatic nitrogens is 1. The molecule has 0 saturated heterocycles. The summed E-state index contributed by atoms with van der Waals surface area (Å²) < 4.78 is 27.1. The predicted octanol–water partition coefficient (Wildman–Crippen LogP) is 4.43. The van der Waals surface area contributed by atoms with Crippen molar-refractivity contribution in [3.8, 4) is 0 Å². The number of hydrogen-bond donors (Lipinski definition) is 1. The minimum atomic E-state index is -3.71. The number of nitrogens with zero attached hydrogens (tertiary/aromatic N) is 1. The van der Waals surface area contributed by atoms with E-state index in [-0.39, 0.29) is 10.7 Å². The molecule has 0 saturated carbocycles. The molecule has 0 aliphatic rings. The van der Waals surface area contributed by atoms with E-state index in [4.69, 9.17) is 0 Å². The fourth-order valence-corrected chi connectivity index (χ4v) is 3.52. The van der Waals surface area contributed by atoms with Crippen LogP contribution in [0.2, 0.25) is 0 Å². The van der Waals surface area contributed by atoms with Crippen molar-refractivity contribution in [1.29, 1.82) is 0 Å². The molecule has 5 nitrogen and oxygen atoms in total. The molecule has 6 heteroatoms. The van der Waals surface area contributed by atoms with Crippen LogP contribution in [0, 0.1) is 0 Å². The SMILES string of the molecule is CCCCCCCC(=O)c1cccc(NS(=O)(=O)c2cccnc2)c1. The lowest BCUT2D eigenvalue weighted by molar-refractivity contribution is 0.0979. The number of unbranched alkanes of at least 4 members (excludes halogenated alkanes) is 4. The van der Waals surface area contributed by atoms with Crippen LogP contribution in [0.25, 0.3) is 0 Å². The molecule has 1 aromatic heterocycles. The van der Waals surface area contributed by atoms with Gasteiger partial charge in [0.2, 0.25) is 0 Å². The standard InChI is InChI=1S/C19H24N2O3S/c1-2-3-4-5-6-12-19(22)16-9-7-10-17(14-16)21-25(23,24)18-11-8-13-20-15-18/h7-11,13-15,21H,2-6,12H2,1H3. The quantitative estimate of drug-likeness (QED) is 0.502. The van der Waals surface area contributed by atoms with Crippen molar-refractivity contribution in [3.63, 3.8) is 0 Å². The lowest BCUT2D eigenvalue weighted by Crippen LogP contribution is -2.13. The summed E-state index contributed by atoms with van der Waals surface area (Å²) >= 11 is 0. The van der Waals surface area contributed by atoms with Crippen LogP contribution in [0.5, 0.6) is 0 Å². The van der Waals surface area contributed by atoms with Crippen LogP contribution in [0.4, 0.5) is 5.69 Å². The van der Waals surface area contributed by atoms with Crippen LogP contribution in [-0.4, -0.2) is 19.2 Å². The fraction of sp³-hybridized carbons (Fsp3) is 0.368. The van der Waals surface area contributed by atoms with Crippen LogP contribution in [-0.2, 0) is 10.0 Å². The first-order valence-corrected chi connectivity index (χ1v) is 10.1. The third kappa shape index (κ3) is 5.98. The van der Waals surface area contributed by atoms with E-state index in [2.05, 4.69) is 16.6 Å². The molecule has 0 atom stereocenters. The zero-order valence-electron chi connectivity index (χ0n) is 14.4. The summed E-state index contributed by atoms with van der Waals surface area (Å²) in [5.74, 6) is 0.0407. The van der Waals surface area contributed by atoms with E-state index in [0.29, 0.717) is 17.7 Å². The molecule has 0 aliphatic carbocycles. The third-order valence-electron chi connectivity index (χ3n) is 3.89. The second kappa shape index (κ2) is 9.32. The van der Waals surface area contributed by atoms with E-state index in [1.807, 2.05) is 0 Å². The molecule has 0 spiro atoms. The van der Waals surface area contributed by atoms with Crippen LogP contribution in [0.3, 0.4) is 0 Å². The number of Topliss-reactive ketones (excluding diaryl/α,β-unsaturated/α-hetero) is 1. The van der Waals surface area contributed by atoms with Gasteiger partial charge in [0.25, 0.3) is 10.0 Å². The highest BCUT2D eigenvalue weighted by Gasteiger charge is 2.15. The van der Waals surface area contributed by atoms with E-state index in [1.54, 1.807) is 30.3 Å². The second-order valence-electron chi connectivity index (χ2n) is 5.96. The summed E-state index contributed by atoms with van der Waals surface area (Å²) in [4.78, 5) is 16.2. The fourth-order valence-electron chi connectivity index (χ4n) is 2.51. The van der Waals surface area contributed by atoms with E-state index >= 15 is 0 Å². The molecule has 0 aliphatic heterocycles. The van der Waals surface area contributed by atoms with Gasteiger partial charge in [-0.25, -0.2) is 8.42 Å². The van der Waals surface area contributed by atoms with Gasteiger partial charge in [0.05, 0.1) is 0 Å². The average Bonchev–Trinajstić information content (AvgIpc) is 2.62. The van der Waals surface area contributed by atoms with Gasteiger partial charge in [0.1, 0.15) is 4.90 Å². The van der Waals surface area contributed by atoms with Crippen molar-refractivity contribution in [2.24, 2.45) is 0 Å². The lowest BCUT2D eigenvalue weighted by atomic mass is 10.0. The summed E-state index contributed by atoms with van der Waals surface area (Å²) in [7, 11) is -3.71. The number of anilines is 1. The molecule has 1 aromatic carbocycles. The number of carbonyl (C=O) groups excluding carboxylic acids is 1. The van der Waals surface area contributed by atoms with Crippen LogP contribution in [0.1, 0.15) is 55.8 Å². The maximum absolute atomic E-state index is 12.3. The Labute approximate surface area is 149 Å². The molecule has 0 unspecified atom stereocenters. The monoisotopic (exact) mass is 360 g/mol. The first-order chi connectivity index (χ1) is 12.0. The van der Waals surface area contributed by atoms with Gasteiger partial charge < -0.3 is 0 Å². The Balaban J connectivity index is 2.00. The highest BCUT2D eigenvalue weighted by Crippen LogP contribution is 2.18. The van der Waals surface area contributed by atoms with Crippen LogP contribution >= 0.6 is 0 Å². The van der Waals surface area contributed by atoms with Crippen molar-refractivity contribution in [3.05, 3.63) is 54.4 Å². The smallest absolute Gasteiger partial charge is 0.263 e. The molecule has 0 radical (unpaired) electrons. The maximum atomic E-state index is 12.3. The number of rotatable bonds is 10. The summed E-state index contributed by atoms with van der Waals surface area (Å²) in [6, 6.07) is 9.66. The molecule has 0 amide bonds. The lowest BCUT2D eigenvalue weighted by Gasteiger charge is -2.09. The molecule has 134 valence electrons. The van der Waals surface area contributed by atoms with Crippen molar-refractivity contribution in [2.75, 3.05) is 4.72 Å². The maximum Gasteiger partial charge on any atom is 0.263 e. The van der Waals surface area contributed by atoms with Gasteiger partial charge in [-0.3, -0.25) is 14.5 Å². The minimum absolute atomic E-state index is 0.0407. The largest absolute Gasteiger partial charge is 0.294 e. The number of sulfonamides is 1. The second-order valence-corrected chi connectivity index (χ2v) is 7.64. The summed E-state index contributed by atoms with van der Waals surface area (Å²) in [6.07, 6.45) is 8.72. The van der Waals surface area contributed by atoms with Crippen molar-refractivity contribution < 1.29 is 13.2 Å². The van der Waals surface area contributed by atoms with Crippen molar-refractivity contribution >= 4 is 21.5 Å². The van der Waals surface area contributed by atoms with E-state index in [9.17, 15) is 13.2 Å². The van der Waals surface area contributed by atoms with Crippen molar-refractivity contribution in [2.45, 2.75) is 50.3 Å². The molecular formula is C19H24N2O3S. The first-order valence-electron chi connectivity index (χ1n) is 8.59. The summed E-state index contributed by atoms with van der Waals surface area (Å²) in [6.45, 7) is 2.16. The predicted molar refractivity (Wildman–Crippen MR) is 99.2 cm³/mol. The van der Waals surface area contributed by atoms with Gasteiger partial charge in [-0.15, -0.1) is 0 Å². The minimum Gasteiger partial charge on any atom is -0.294 e. The number of benzene rings is 1. The van der Waals surface area contributed by atoms with Crippen LogP contribution < -0.4 is 4.72 Å². The summed E-state index contributed by atoms with van der Waals surface area (Å²) in [5, 5.41) is 0. The Bertz CT molecular complexity index is 789. The highest BCUT2D eigenvalue weighted by molar-refractivity contribution is 7.92. The van der Waals surface area contributed by atoms with Gasteiger partial charge >= 0.3 is 0 Å². The van der Waals surface area contributed by atoms with Gasteiger partial charge in [0.15, 0.2) is 5.78 Å². The van der Waals surface area contributed by atoms with Gasteiger partial charge in [-0.2, -0.15) is 0 Å². The topological polar surface area (TPSA) is 76.1 Å². The van der Waals surface area contributed by atoms with Gasteiger partial charge in [0, 0.05) is 30.1 Å². The number of nitrogens with one attached hydrogen (secondary N) is 1. The van der Waals surface area contributed by atoms with Gasteiger partial charge in [-0.05, 0) is 30.7 Å². The first kappa shape index (κ1) is 19.1. The molecular weight excluding hydrogens is 336 g/mol. The van der Waals surface area contributed by atoms with Gasteiger partial charge in [-0.1, -0.05) is 44.7 Å². The Kier molecular flexibility index (Phi) is 7.13. The zero-order valence-corrected chi connectivity index (χ0v) is 15.3. The number of pyridine rings is 1. The Morgan fingerprint density at radius 2 is 1.88 bits per heavy atom. The molecule has 25 heavy (non-hydrogen) atoms. The Morgan fingerprint density at radius 3 is 2.60 bits per heavy atom. The third-order valence-corrected chi connectivity index (χ3v) is 5.26.